The molecule has 6 atom stereocenters. The zero-order valence-corrected chi connectivity index (χ0v) is 47.7. The predicted molar refractivity (Wildman–Crippen MR) is 350 cm³/mol. The van der Waals surface area contributed by atoms with Crippen molar-refractivity contribution in [2.24, 2.45) is 0 Å². The lowest BCUT2D eigenvalue weighted by molar-refractivity contribution is 0.419. The number of fused-ring (bicyclic) bond motifs is 10. The Morgan fingerprint density at radius 1 is 0.605 bits per heavy atom. The molecule has 17 rings (SSSR count). The molecule has 0 N–H and O–H groups in total. The first kappa shape index (κ1) is 48.4. The first-order valence-electron chi connectivity index (χ1n) is 29.6. The highest BCUT2D eigenvalue weighted by atomic mass is 32.2. The van der Waals surface area contributed by atoms with Crippen LogP contribution in [0.3, 0.4) is 0 Å². The normalized spacial score (nSPS) is 24.2. The Hall–Kier alpha value is -7.29. The number of rotatable bonds is 8. The maximum absolute atomic E-state index is 2.90. The molecule has 4 aliphatic heterocycles. The molecule has 6 unspecified atom stereocenters. The molecule has 1 fully saturated rings. The Labute approximate surface area is 489 Å². The van der Waals surface area contributed by atoms with Crippen LogP contribution in [0.5, 0.6) is 0 Å². The minimum Gasteiger partial charge on any atom is -0.365 e. The van der Waals surface area contributed by atoms with E-state index < -0.39 is 0 Å². The van der Waals surface area contributed by atoms with E-state index in [0.29, 0.717) is 23.8 Å². The standard InChI is InChI=1S/C72H60B2N4S3/c1-6-23-47(24-7-1)75(48-25-8-2-9-26-48)52-41-62-71-63(42-52)78(60-37-22-40-66-70(60)54-33-16-20-38-64(54)79-66)61-46-67-58(45-57(61)73(71)55-34-17-19-36-59(55)77(62)51-31-14-5-15-32-51)74-56-35-18-21-39-65(56)80-68-43-53(44-69(81-67)72(68)74)76(49-27-10-3-11-28-49)50-29-12-4-13-30-50/h1-8,10-20,22-24,27-38,40,43,45-46,48,52,58,62,67,69H,9,21,25-26,39,41-42,44H2. The molecule has 9 aliphatic rings. The fraction of sp³-hybridized carbons (Fsp3) is 0.194. The molecule has 1 saturated heterocycles. The third-order valence-electron chi connectivity index (χ3n) is 19.1. The van der Waals surface area contributed by atoms with Crippen molar-refractivity contribution in [1.29, 1.82) is 0 Å². The number of benzene rings is 7. The molecule has 1 aromatic heterocycles. The van der Waals surface area contributed by atoms with Gasteiger partial charge >= 0.3 is 0 Å². The summed E-state index contributed by atoms with van der Waals surface area (Å²) < 4.78 is 2.70. The van der Waals surface area contributed by atoms with Crippen molar-refractivity contribution in [1.82, 2.24) is 0 Å². The van der Waals surface area contributed by atoms with Gasteiger partial charge in [-0.3, -0.25) is 0 Å². The number of hydrogen-bond donors (Lipinski definition) is 0. The van der Waals surface area contributed by atoms with Crippen LogP contribution in [0.1, 0.15) is 51.4 Å². The average Bonchev–Trinajstić information content (AvgIpc) is 3.97. The number of allylic oxidation sites excluding steroid dienone is 9. The van der Waals surface area contributed by atoms with Gasteiger partial charge in [0.25, 0.3) is 0 Å². The van der Waals surface area contributed by atoms with Crippen LogP contribution in [0.4, 0.5) is 34.1 Å². The Balaban J connectivity index is 0.911. The van der Waals surface area contributed by atoms with E-state index in [1.54, 1.807) is 21.3 Å². The van der Waals surface area contributed by atoms with Gasteiger partial charge in [-0.15, -0.1) is 23.1 Å². The number of thioether (sulfide) groups is 2. The SMILES string of the molecule is C1=CC2=C(CC1)SC1=C3B2C2C=C4B5C6=C(CC(N(c7ccccc7)C7CC=CCC7)CC6N(c6ccccc6)c6ccccc65)N(c5cccc6sc7ccccc7c56)C4=CC2SC3CC(N(c2ccccc2)c2ccccc2)=C1. The van der Waals surface area contributed by atoms with Crippen molar-refractivity contribution >= 4 is 108 Å². The highest BCUT2D eigenvalue weighted by molar-refractivity contribution is 8.07. The Morgan fingerprint density at radius 3 is 2.11 bits per heavy atom. The van der Waals surface area contributed by atoms with Gasteiger partial charge in [0.05, 0.1) is 11.7 Å². The van der Waals surface area contributed by atoms with E-state index in [-0.39, 0.29) is 24.0 Å². The lowest BCUT2D eigenvalue weighted by atomic mass is 9.26. The molecular formula is C72H60B2N4S3. The summed E-state index contributed by atoms with van der Waals surface area (Å²) in [6.45, 7) is 0.414. The molecule has 7 aromatic carbocycles. The van der Waals surface area contributed by atoms with Gasteiger partial charge < -0.3 is 19.6 Å². The zero-order chi connectivity index (χ0) is 53.1. The van der Waals surface area contributed by atoms with Gasteiger partial charge in [-0.05, 0) is 151 Å². The van der Waals surface area contributed by atoms with Crippen LogP contribution >= 0.6 is 34.9 Å². The van der Waals surface area contributed by atoms with Crippen LogP contribution in [0.15, 0.2) is 279 Å². The van der Waals surface area contributed by atoms with E-state index in [9.17, 15) is 0 Å². The van der Waals surface area contributed by atoms with Crippen molar-refractivity contribution in [3.8, 4) is 0 Å². The highest BCUT2D eigenvalue weighted by Crippen LogP contribution is 2.62. The fourth-order valence-electron chi connectivity index (χ4n) is 16.0. The third-order valence-corrected chi connectivity index (χ3v) is 23.0. The van der Waals surface area contributed by atoms with Crippen molar-refractivity contribution in [2.45, 2.75) is 85.8 Å². The first-order chi connectivity index (χ1) is 40.2. The first-order valence-corrected chi connectivity index (χ1v) is 32.1. The third kappa shape index (κ3) is 7.81. The number of nitrogens with zero attached hydrogens (tertiary/aromatic N) is 4. The molecule has 392 valence electrons. The van der Waals surface area contributed by atoms with E-state index >= 15 is 0 Å². The fourth-order valence-corrected chi connectivity index (χ4v) is 20.2. The molecular weight excluding hydrogens is 1040 g/mol. The van der Waals surface area contributed by atoms with Gasteiger partial charge in [0.15, 0.2) is 0 Å². The van der Waals surface area contributed by atoms with Crippen molar-refractivity contribution in [3.63, 3.8) is 0 Å². The summed E-state index contributed by atoms with van der Waals surface area (Å²) in [5.74, 6) is 0.293. The Bertz CT molecular complexity index is 4060. The van der Waals surface area contributed by atoms with Gasteiger partial charge in [-0.1, -0.05) is 168 Å². The summed E-state index contributed by atoms with van der Waals surface area (Å²) >= 11 is 6.29. The maximum Gasteiger partial charge on any atom is 0.246 e. The average molecular weight is 1100 g/mol. The molecule has 0 radical (unpaired) electrons. The van der Waals surface area contributed by atoms with E-state index in [1.165, 1.54) is 87.2 Å². The second-order valence-electron chi connectivity index (χ2n) is 23.4. The van der Waals surface area contributed by atoms with Crippen molar-refractivity contribution in [3.05, 3.63) is 279 Å². The summed E-state index contributed by atoms with van der Waals surface area (Å²) in [7, 11) is 0. The highest BCUT2D eigenvalue weighted by Gasteiger charge is 2.56. The molecule has 0 bridgehead atoms. The number of thiophene rings is 1. The minimum atomic E-state index is 0.111. The second-order valence-corrected chi connectivity index (χ2v) is 27.0. The number of hydrogen-bond acceptors (Lipinski definition) is 7. The van der Waals surface area contributed by atoms with Gasteiger partial charge in [-0.2, -0.15) is 0 Å². The van der Waals surface area contributed by atoms with E-state index in [4.69, 9.17) is 0 Å². The molecule has 8 aromatic rings. The summed E-state index contributed by atoms with van der Waals surface area (Å²) in [6, 6.07) is 71.8. The summed E-state index contributed by atoms with van der Waals surface area (Å²) in [5.41, 5.74) is 19.8. The van der Waals surface area contributed by atoms with Crippen LogP contribution in [0.25, 0.3) is 20.2 Å². The molecule has 0 saturated carbocycles. The maximum atomic E-state index is 2.90. The van der Waals surface area contributed by atoms with Gasteiger partial charge in [0.1, 0.15) is 0 Å². The molecule has 9 heteroatoms. The molecule has 5 aliphatic carbocycles. The molecule has 4 nitrogen and oxygen atoms in total. The minimum absolute atomic E-state index is 0.111. The van der Waals surface area contributed by atoms with Crippen molar-refractivity contribution < 1.29 is 0 Å². The summed E-state index contributed by atoms with van der Waals surface area (Å²) in [4.78, 5) is 14.2. The molecule has 81 heavy (non-hydrogen) atoms. The van der Waals surface area contributed by atoms with Crippen LogP contribution in [0.2, 0.25) is 5.82 Å². The lowest BCUT2D eigenvalue weighted by Crippen LogP contribution is -2.62. The molecule has 0 amide bonds. The van der Waals surface area contributed by atoms with E-state index in [0.717, 1.165) is 51.4 Å². The number of para-hydroxylation sites is 5. The van der Waals surface area contributed by atoms with Crippen molar-refractivity contribution in [2.75, 3.05) is 19.6 Å². The smallest absolute Gasteiger partial charge is 0.246 e. The van der Waals surface area contributed by atoms with Crippen LogP contribution in [-0.4, -0.2) is 42.1 Å². The largest absolute Gasteiger partial charge is 0.365 e. The van der Waals surface area contributed by atoms with Crippen LogP contribution in [0, 0.1) is 0 Å². The van der Waals surface area contributed by atoms with Gasteiger partial charge in [0.2, 0.25) is 13.4 Å². The number of anilines is 6. The molecule has 5 heterocycles. The van der Waals surface area contributed by atoms with Crippen LogP contribution < -0.4 is 25.1 Å². The van der Waals surface area contributed by atoms with E-state index in [2.05, 4.69) is 274 Å². The van der Waals surface area contributed by atoms with Gasteiger partial charge in [0, 0.05) is 106 Å². The molecule has 0 spiro atoms. The monoisotopic (exact) mass is 1100 g/mol. The topological polar surface area (TPSA) is 13.0 Å². The van der Waals surface area contributed by atoms with Crippen LogP contribution in [-0.2, 0) is 0 Å². The summed E-state index contributed by atoms with van der Waals surface area (Å²) in [5, 5.41) is 3.30. The summed E-state index contributed by atoms with van der Waals surface area (Å²) in [6.07, 6.45) is 26.7. The quantitative estimate of drug-likeness (QED) is 0.110. The lowest BCUT2D eigenvalue weighted by Gasteiger charge is -2.57. The predicted octanol–water partition coefficient (Wildman–Crippen LogP) is 17.9. The zero-order valence-electron chi connectivity index (χ0n) is 45.2. The van der Waals surface area contributed by atoms with Gasteiger partial charge in [-0.25, -0.2) is 0 Å². The Morgan fingerprint density at radius 2 is 1.32 bits per heavy atom. The van der Waals surface area contributed by atoms with E-state index in [1.807, 2.05) is 11.3 Å². The Kier molecular flexibility index (Phi) is 11.8. The second kappa shape index (κ2) is 19.7.